The fourth-order valence-electron chi connectivity index (χ4n) is 1.64. The number of nitriles is 1. The third-order valence-electron chi connectivity index (χ3n) is 2.94. The molecule has 0 aliphatic carbocycles. The zero-order chi connectivity index (χ0) is 16.6. The van der Waals surface area contributed by atoms with E-state index in [1.165, 1.54) is 11.1 Å². The molecule has 0 bridgehead atoms. The van der Waals surface area contributed by atoms with Crippen LogP contribution in [0.25, 0.3) is 0 Å². The summed E-state index contributed by atoms with van der Waals surface area (Å²) in [6, 6.07) is 8.84. The van der Waals surface area contributed by atoms with Gasteiger partial charge in [-0.2, -0.15) is 5.26 Å². The first kappa shape index (κ1) is 21.0. The highest BCUT2D eigenvalue weighted by molar-refractivity contribution is 5.39. The molecule has 0 aliphatic rings. The van der Waals surface area contributed by atoms with E-state index in [9.17, 15) is 5.26 Å². The van der Waals surface area contributed by atoms with E-state index in [-0.39, 0.29) is 5.41 Å². The molecule has 0 N–H and O–H groups in total. The van der Waals surface area contributed by atoms with Crippen molar-refractivity contribution in [3.05, 3.63) is 34.9 Å². The van der Waals surface area contributed by atoms with E-state index in [1.54, 1.807) is 0 Å². The Hall–Kier alpha value is -1.29. The summed E-state index contributed by atoms with van der Waals surface area (Å²) in [6.07, 6.45) is 0. The van der Waals surface area contributed by atoms with Crippen LogP contribution in [0.1, 0.15) is 79.0 Å². The van der Waals surface area contributed by atoms with Crippen molar-refractivity contribution >= 4 is 0 Å². The number of benzene rings is 1. The largest absolute Gasteiger partial charge is 0.197 e. The van der Waals surface area contributed by atoms with Gasteiger partial charge in [0.25, 0.3) is 0 Å². The van der Waals surface area contributed by atoms with Gasteiger partial charge in [0.05, 0.1) is 11.5 Å². The van der Waals surface area contributed by atoms with Gasteiger partial charge >= 0.3 is 0 Å². The van der Waals surface area contributed by atoms with Gasteiger partial charge in [-0.1, -0.05) is 72.2 Å². The third-order valence-corrected chi connectivity index (χ3v) is 2.94. The van der Waals surface area contributed by atoms with Gasteiger partial charge in [-0.05, 0) is 37.3 Å². The van der Waals surface area contributed by atoms with Crippen LogP contribution in [-0.4, -0.2) is 0 Å². The zero-order valence-electron chi connectivity index (χ0n) is 15.2. The number of hydrogen-bond acceptors (Lipinski definition) is 1. The highest BCUT2D eigenvalue weighted by Gasteiger charge is 2.23. The first-order valence-corrected chi connectivity index (χ1v) is 7.71. The lowest BCUT2D eigenvalue weighted by Crippen LogP contribution is -2.17. The third kappa shape index (κ3) is 6.24. The van der Waals surface area contributed by atoms with Crippen LogP contribution in [0.2, 0.25) is 0 Å². The molecule has 0 atom stereocenters. The number of rotatable bonds is 1. The molecule has 20 heavy (non-hydrogen) atoms. The Morgan fingerprint density at radius 1 is 0.800 bits per heavy atom. The normalized spacial score (nSPS) is 10.4. The molecule has 1 aromatic rings. The fraction of sp³-hybridized carbons (Fsp3) is 0.632. The molecule has 0 unspecified atom stereocenters. The van der Waals surface area contributed by atoms with E-state index in [4.69, 9.17) is 0 Å². The summed E-state index contributed by atoms with van der Waals surface area (Å²) in [6.45, 7) is 20.6. The molecule has 0 saturated carbocycles. The second-order valence-corrected chi connectivity index (χ2v) is 6.07. The highest BCUT2D eigenvalue weighted by Crippen LogP contribution is 2.29. The average Bonchev–Trinajstić information content (AvgIpc) is 2.41. The maximum atomic E-state index is 9.18. The van der Waals surface area contributed by atoms with Crippen molar-refractivity contribution in [3.63, 3.8) is 0 Å². The van der Waals surface area contributed by atoms with E-state index >= 15 is 0 Å². The van der Waals surface area contributed by atoms with Gasteiger partial charge in [-0.25, -0.2) is 0 Å². The van der Waals surface area contributed by atoms with Gasteiger partial charge in [0, 0.05) is 0 Å². The molecule has 1 aromatic carbocycles. The van der Waals surface area contributed by atoms with Crippen LogP contribution in [0.5, 0.6) is 0 Å². The molecule has 0 heterocycles. The summed E-state index contributed by atoms with van der Waals surface area (Å²) in [7, 11) is 0. The summed E-state index contributed by atoms with van der Waals surface area (Å²) < 4.78 is 0. The monoisotopic (exact) mass is 275 g/mol. The van der Waals surface area contributed by atoms with E-state index in [0.717, 1.165) is 5.56 Å². The number of hydrogen-bond donors (Lipinski definition) is 0. The van der Waals surface area contributed by atoms with E-state index in [0.29, 0.717) is 0 Å². The lowest BCUT2D eigenvalue weighted by molar-refractivity contribution is 0.584. The number of aryl methyl sites for hydroxylation is 1. The molecule has 0 aromatic heterocycles. The molecule has 0 amide bonds. The SMILES string of the molecule is CC.CC.Cc1cc(C(C)(C)C)cc(C(C)(C)C#N)c1. The average molecular weight is 275 g/mol. The van der Waals surface area contributed by atoms with E-state index in [1.807, 2.05) is 41.5 Å². The van der Waals surface area contributed by atoms with E-state index in [2.05, 4.69) is 52.0 Å². The van der Waals surface area contributed by atoms with Crippen molar-refractivity contribution in [2.24, 2.45) is 0 Å². The second-order valence-electron chi connectivity index (χ2n) is 6.07. The van der Waals surface area contributed by atoms with Gasteiger partial charge in [0.15, 0.2) is 0 Å². The first-order chi connectivity index (χ1) is 9.16. The Labute approximate surface area is 127 Å². The van der Waals surface area contributed by atoms with Crippen molar-refractivity contribution in [2.45, 2.75) is 80.1 Å². The fourth-order valence-corrected chi connectivity index (χ4v) is 1.64. The van der Waals surface area contributed by atoms with Gasteiger partial charge in [-0.15, -0.1) is 0 Å². The molecule has 0 aliphatic heterocycles. The summed E-state index contributed by atoms with van der Waals surface area (Å²) in [4.78, 5) is 0. The van der Waals surface area contributed by atoms with Crippen molar-refractivity contribution < 1.29 is 0 Å². The quantitative estimate of drug-likeness (QED) is 0.603. The molecule has 0 radical (unpaired) electrons. The first-order valence-electron chi connectivity index (χ1n) is 7.71. The van der Waals surface area contributed by atoms with Gasteiger partial charge < -0.3 is 0 Å². The van der Waals surface area contributed by atoms with Crippen LogP contribution < -0.4 is 0 Å². The maximum absolute atomic E-state index is 9.18. The maximum Gasteiger partial charge on any atom is 0.0766 e. The standard InChI is InChI=1S/C15H21N.2C2H6/c1-11-7-12(14(2,3)4)9-13(8-11)15(5,6)10-16;2*1-2/h7-9H,1-6H3;2*1-2H3. The summed E-state index contributed by atoms with van der Waals surface area (Å²) >= 11 is 0. The van der Waals surface area contributed by atoms with Crippen LogP contribution in [0, 0.1) is 18.3 Å². The van der Waals surface area contributed by atoms with Crippen LogP contribution in [-0.2, 0) is 10.8 Å². The summed E-state index contributed by atoms with van der Waals surface area (Å²) in [5.41, 5.74) is 3.36. The Kier molecular flexibility index (Phi) is 9.24. The number of nitrogens with zero attached hydrogens (tertiary/aromatic N) is 1. The van der Waals surface area contributed by atoms with Crippen molar-refractivity contribution in [1.82, 2.24) is 0 Å². The molecule has 114 valence electrons. The molecule has 1 heteroatoms. The van der Waals surface area contributed by atoms with Gasteiger partial charge in [0.1, 0.15) is 0 Å². The summed E-state index contributed by atoms with van der Waals surface area (Å²) in [5, 5.41) is 9.18. The molecule has 1 nitrogen and oxygen atoms in total. The Balaban J connectivity index is 0. The van der Waals surface area contributed by atoms with Crippen molar-refractivity contribution in [2.75, 3.05) is 0 Å². The predicted octanol–water partition coefficient (Wildman–Crippen LogP) is 6.15. The minimum absolute atomic E-state index is 0.131. The summed E-state index contributed by atoms with van der Waals surface area (Å²) in [5.74, 6) is 0. The lowest BCUT2D eigenvalue weighted by atomic mass is 9.79. The van der Waals surface area contributed by atoms with Crippen LogP contribution in [0.3, 0.4) is 0 Å². The predicted molar refractivity (Wildman–Crippen MR) is 91.2 cm³/mol. The molecular weight excluding hydrogens is 242 g/mol. The van der Waals surface area contributed by atoms with Gasteiger partial charge in [0.2, 0.25) is 0 Å². The molecule has 0 fully saturated rings. The molecule has 0 saturated heterocycles. The lowest BCUT2D eigenvalue weighted by Gasteiger charge is -2.24. The molecule has 0 spiro atoms. The van der Waals surface area contributed by atoms with Crippen molar-refractivity contribution in [3.8, 4) is 6.07 Å². The van der Waals surface area contributed by atoms with Crippen LogP contribution in [0.15, 0.2) is 18.2 Å². The highest BCUT2D eigenvalue weighted by atomic mass is 14.3. The van der Waals surface area contributed by atoms with Crippen LogP contribution in [0.4, 0.5) is 0 Å². The van der Waals surface area contributed by atoms with Crippen LogP contribution >= 0.6 is 0 Å². The Bertz CT molecular complexity index is 428. The molecule has 1 rings (SSSR count). The van der Waals surface area contributed by atoms with Gasteiger partial charge in [-0.3, -0.25) is 0 Å². The zero-order valence-corrected chi connectivity index (χ0v) is 15.2. The Morgan fingerprint density at radius 2 is 1.20 bits per heavy atom. The minimum atomic E-state index is -0.411. The smallest absolute Gasteiger partial charge is 0.0766 e. The second kappa shape index (κ2) is 8.80. The molecular formula is C19H33N. The Morgan fingerprint density at radius 3 is 1.55 bits per heavy atom. The topological polar surface area (TPSA) is 23.8 Å². The minimum Gasteiger partial charge on any atom is -0.197 e. The van der Waals surface area contributed by atoms with E-state index < -0.39 is 5.41 Å². The van der Waals surface area contributed by atoms with Crippen molar-refractivity contribution in [1.29, 1.82) is 5.26 Å².